The minimum Gasteiger partial charge on any atom is -0.360 e. The third kappa shape index (κ3) is 2.68. The Morgan fingerprint density at radius 1 is 1.61 bits per heavy atom. The molecule has 0 bridgehead atoms. The van der Waals surface area contributed by atoms with Crippen molar-refractivity contribution in [3.63, 3.8) is 0 Å². The van der Waals surface area contributed by atoms with E-state index in [9.17, 15) is 9.18 Å². The maximum atomic E-state index is 13.1. The molecule has 1 saturated heterocycles. The molecule has 4 nitrogen and oxygen atoms in total. The van der Waals surface area contributed by atoms with Crippen molar-refractivity contribution in [2.24, 2.45) is 0 Å². The van der Waals surface area contributed by atoms with Gasteiger partial charge in [-0.15, -0.1) is 0 Å². The maximum absolute atomic E-state index is 13.1. The van der Waals surface area contributed by atoms with Crippen molar-refractivity contribution >= 4 is 21.8 Å². The summed E-state index contributed by atoms with van der Waals surface area (Å²) in [5, 5.41) is 8.77. The molecule has 1 heterocycles. The summed E-state index contributed by atoms with van der Waals surface area (Å²) in [6.07, 6.45) is -0.591. The standard InChI is InChI=1S/C12H10BrFN2O2/c13-10-5-8(1-2-11(10)14)12(17)16-3-4-18-9(6-15)7-16/h1-2,5,9H,3-4,7H2. The molecule has 94 valence electrons. The Morgan fingerprint density at radius 3 is 3.06 bits per heavy atom. The number of rotatable bonds is 1. The van der Waals surface area contributed by atoms with Gasteiger partial charge in [-0.3, -0.25) is 4.79 Å². The van der Waals surface area contributed by atoms with E-state index >= 15 is 0 Å². The van der Waals surface area contributed by atoms with Crippen LogP contribution in [-0.4, -0.2) is 36.6 Å². The molecule has 1 amide bonds. The molecule has 0 aromatic heterocycles. The molecule has 0 spiro atoms. The van der Waals surface area contributed by atoms with Crippen LogP contribution in [0, 0.1) is 17.1 Å². The van der Waals surface area contributed by atoms with Gasteiger partial charge in [0.15, 0.2) is 6.10 Å². The summed E-state index contributed by atoms with van der Waals surface area (Å²) in [5.41, 5.74) is 0.391. The van der Waals surface area contributed by atoms with Crippen molar-refractivity contribution in [3.05, 3.63) is 34.1 Å². The van der Waals surface area contributed by atoms with Crippen molar-refractivity contribution in [3.8, 4) is 6.07 Å². The van der Waals surface area contributed by atoms with E-state index in [4.69, 9.17) is 10.00 Å². The summed E-state index contributed by atoms with van der Waals surface area (Å²) in [6, 6.07) is 6.08. The number of nitriles is 1. The second-order valence-corrected chi connectivity index (χ2v) is 4.72. The number of hydrogen-bond donors (Lipinski definition) is 0. The molecule has 6 heteroatoms. The summed E-state index contributed by atoms with van der Waals surface area (Å²) in [6.45, 7) is 1.02. The molecule has 0 radical (unpaired) electrons. The molecule has 1 unspecified atom stereocenters. The zero-order valence-corrected chi connectivity index (χ0v) is 11.0. The first-order valence-electron chi connectivity index (χ1n) is 5.37. The molecule has 0 aliphatic carbocycles. The largest absolute Gasteiger partial charge is 0.360 e. The average Bonchev–Trinajstić information content (AvgIpc) is 2.41. The highest BCUT2D eigenvalue weighted by atomic mass is 79.9. The number of benzene rings is 1. The van der Waals surface area contributed by atoms with Gasteiger partial charge in [-0.2, -0.15) is 5.26 Å². The lowest BCUT2D eigenvalue weighted by atomic mass is 10.1. The molecule has 2 rings (SSSR count). The lowest BCUT2D eigenvalue weighted by Crippen LogP contribution is -2.45. The third-order valence-electron chi connectivity index (χ3n) is 2.66. The van der Waals surface area contributed by atoms with E-state index in [2.05, 4.69) is 15.9 Å². The van der Waals surface area contributed by atoms with Gasteiger partial charge in [0.2, 0.25) is 0 Å². The van der Waals surface area contributed by atoms with Crippen LogP contribution < -0.4 is 0 Å². The molecule has 0 saturated carbocycles. The van der Waals surface area contributed by atoms with Crippen molar-refractivity contribution in [2.75, 3.05) is 19.7 Å². The van der Waals surface area contributed by atoms with Crippen molar-refractivity contribution in [2.45, 2.75) is 6.10 Å². The Balaban J connectivity index is 2.15. The maximum Gasteiger partial charge on any atom is 0.254 e. The molecule has 1 fully saturated rings. The normalized spacial score (nSPS) is 19.4. The molecule has 1 aromatic carbocycles. The van der Waals surface area contributed by atoms with Crippen molar-refractivity contribution < 1.29 is 13.9 Å². The highest BCUT2D eigenvalue weighted by Crippen LogP contribution is 2.18. The Bertz CT molecular complexity index is 515. The summed E-state index contributed by atoms with van der Waals surface area (Å²) in [5.74, 6) is -0.636. The molecule has 1 atom stereocenters. The van der Waals surface area contributed by atoms with Crippen molar-refractivity contribution in [1.29, 1.82) is 5.26 Å². The SMILES string of the molecule is N#CC1CN(C(=O)c2ccc(F)c(Br)c2)CCO1. The average molecular weight is 313 g/mol. The molecule has 18 heavy (non-hydrogen) atoms. The molecular weight excluding hydrogens is 303 g/mol. The Kier molecular flexibility index (Phi) is 3.94. The van der Waals surface area contributed by atoms with Crippen LogP contribution in [0.15, 0.2) is 22.7 Å². The van der Waals surface area contributed by atoms with E-state index in [1.807, 2.05) is 6.07 Å². The Labute approximate surface area is 112 Å². The summed E-state index contributed by atoms with van der Waals surface area (Å²) in [4.78, 5) is 13.7. The number of carbonyl (C=O) groups excluding carboxylic acids is 1. The lowest BCUT2D eigenvalue weighted by Gasteiger charge is -2.29. The minimum atomic E-state index is -0.591. The molecule has 0 N–H and O–H groups in total. The van der Waals surface area contributed by atoms with Crippen molar-refractivity contribution in [1.82, 2.24) is 4.90 Å². The number of carbonyl (C=O) groups is 1. The fourth-order valence-corrected chi connectivity index (χ4v) is 2.10. The van der Waals surface area contributed by atoms with E-state index in [0.29, 0.717) is 18.7 Å². The summed E-state index contributed by atoms with van der Waals surface area (Å²) >= 11 is 3.04. The van der Waals surface area contributed by atoms with E-state index in [1.54, 1.807) is 0 Å². The number of nitrogens with zero attached hydrogens (tertiary/aromatic N) is 2. The monoisotopic (exact) mass is 312 g/mol. The van der Waals surface area contributed by atoms with Crippen LogP contribution in [-0.2, 0) is 4.74 Å². The van der Waals surface area contributed by atoms with Crippen LogP contribution in [0.4, 0.5) is 4.39 Å². The fourth-order valence-electron chi connectivity index (χ4n) is 1.72. The summed E-state index contributed by atoms with van der Waals surface area (Å²) in [7, 11) is 0. The summed E-state index contributed by atoms with van der Waals surface area (Å²) < 4.78 is 18.5. The van der Waals surface area contributed by atoms with E-state index in [0.717, 1.165) is 0 Å². The second kappa shape index (κ2) is 5.46. The van der Waals surface area contributed by atoms with Crippen LogP contribution in [0.25, 0.3) is 0 Å². The Hall–Kier alpha value is -1.45. The predicted molar refractivity (Wildman–Crippen MR) is 65.4 cm³/mol. The molecular formula is C12H10BrFN2O2. The van der Waals surface area contributed by atoms with Gasteiger partial charge in [0, 0.05) is 12.1 Å². The number of ether oxygens (including phenoxy) is 1. The van der Waals surface area contributed by atoms with Gasteiger partial charge in [-0.1, -0.05) is 0 Å². The van der Waals surface area contributed by atoms with Gasteiger partial charge in [0.1, 0.15) is 5.82 Å². The zero-order valence-electron chi connectivity index (χ0n) is 9.40. The van der Waals surface area contributed by atoms with Crippen LogP contribution >= 0.6 is 15.9 Å². The van der Waals surface area contributed by atoms with E-state index in [-0.39, 0.29) is 16.9 Å². The number of hydrogen-bond acceptors (Lipinski definition) is 3. The topological polar surface area (TPSA) is 53.3 Å². The van der Waals surface area contributed by atoms with E-state index in [1.165, 1.54) is 23.1 Å². The van der Waals surface area contributed by atoms with Gasteiger partial charge < -0.3 is 9.64 Å². The van der Waals surface area contributed by atoms with Gasteiger partial charge in [-0.05, 0) is 34.1 Å². The number of morpholine rings is 1. The third-order valence-corrected chi connectivity index (χ3v) is 3.27. The van der Waals surface area contributed by atoms with Crippen LogP contribution in [0.2, 0.25) is 0 Å². The van der Waals surface area contributed by atoms with Crippen LogP contribution in [0.3, 0.4) is 0 Å². The smallest absolute Gasteiger partial charge is 0.254 e. The minimum absolute atomic E-state index is 0.223. The first-order valence-corrected chi connectivity index (χ1v) is 6.16. The molecule has 1 aliphatic rings. The highest BCUT2D eigenvalue weighted by Gasteiger charge is 2.25. The number of halogens is 2. The first kappa shape index (κ1) is 13.0. The molecule has 1 aromatic rings. The van der Waals surface area contributed by atoms with Gasteiger partial charge in [0.25, 0.3) is 5.91 Å². The Morgan fingerprint density at radius 2 is 2.39 bits per heavy atom. The second-order valence-electron chi connectivity index (χ2n) is 3.87. The quantitative estimate of drug-likeness (QED) is 0.796. The number of amides is 1. The highest BCUT2D eigenvalue weighted by molar-refractivity contribution is 9.10. The first-order chi connectivity index (χ1) is 8.61. The van der Waals surface area contributed by atoms with Gasteiger partial charge >= 0.3 is 0 Å². The zero-order chi connectivity index (χ0) is 13.1. The lowest BCUT2D eigenvalue weighted by molar-refractivity contribution is 0.00346. The fraction of sp³-hybridized carbons (Fsp3) is 0.333. The van der Waals surface area contributed by atoms with E-state index < -0.39 is 11.9 Å². The van der Waals surface area contributed by atoms with Gasteiger partial charge in [0.05, 0.1) is 23.7 Å². The van der Waals surface area contributed by atoms with Gasteiger partial charge in [-0.25, -0.2) is 4.39 Å². The van der Waals surface area contributed by atoms with Crippen LogP contribution in [0.5, 0.6) is 0 Å². The van der Waals surface area contributed by atoms with Crippen LogP contribution in [0.1, 0.15) is 10.4 Å². The molecule has 1 aliphatic heterocycles. The predicted octanol–water partition coefficient (Wildman–Crippen LogP) is 1.95.